The van der Waals surface area contributed by atoms with Crippen LogP contribution in [0.1, 0.15) is 5.69 Å². The molecule has 0 fully saturated rings. The minimum atomic E-state index is -0.229. The first kappa shape index (κ1) is 9.72. The fourth-order valence-corrected chi connectivity index (χ4v) is 1.23. The standard InChI is InChI=1S/C8H8ClN5O/c9-6-1-7(13-4-12-6)10-2-5-3-11-8(15)14-5/h1,3-4H,2H2,(H,10,12,13)(H2,11,14,15). The van der Waals surface area contributed by atoms with E-state index >= 15 is 0 Å². The van der Waals surface area contributed by atoms with E-state index in [0.717, 1.165) is 5.69 Å². The molecule has 0 amide bonds. The van der Waals surface area contributed by atoms with E-state index in [1.54, 1.807) is 12.3 Å². The predicted molar refractivity (Wildman–Crippen MR) is 55.8 cm³/mol. The van der Waals surface area contributed by atoms with Crippen LogP contribution < -0.4 is 11.0 Å². The van der Waals surface area contributed by atoms with Crippen molar-refractivity contribution in [3.05, 3.63) is 39.9 Å². The zero-order valence-corrected chi connectivity index (χ0v) is 8.38. The molecule has 3 N–H and O–H groups in total. The van der Waals surface area contributed by atoms with Crippen LogP contribution in [0.3, 0.4) is 0 Å². The predicted octanol–water partition coefficient (Wildman–Crippen LogP) is 0.758. The summed E-state index contributed by atoms with van der Waals surface area (Å²) in [6.07, 6.45) is 2.96. The van der Waals surface area contributed by atoms with Gasteiger partial charge in [-0.3, -0.25) is 0 Å². The normalized spacial score (nSPS) is 10.2. The van der Waals surface area contributed by atoms with E-state index in [2.05, 4.69) is 25.3 Å². The van der Waals surface area contributed by atoms with Crippen LogP contribution >= 0.6 is 11.6 Å². The van der Waals surface area contributed by atoms with Crippen LogP contribution in [-0.2, 0) is 6.54 Å². The Balaban J connectivity index is 2.02. The Morgan fingerprint density at radius 2 is 2.33 bits per heavy atom. The highest BCUT2D eigenvalue weighted by Gasteiger charge is 1.98. The van der Waals surface area contributed by atoms with Gasteiger partial charge in [0.15, 0.2) is 0 Å². The van der Waals surface area contributed by atoms with Crippen molar-refractivity contribution in [1.29, 1.82) is 0 Å². The molecule has 7 heteroatoms. The number of halogens is 1. The van der Waals surface area contributed by atoms with Crippen molar-refractivity contribution in [2.45, 2.75) is 6.54 Å². The van der Waals surface area contributed by atoms with Crippen molar-refractivity contribution < 1.29 is 0 Å². The van der Waals surface area contributed by atoms with E-state index in [1.165, 1.54) is 6.33 Å². The number of anilines is 1. The SMILES string of the molecule is O=c1[nH]cc(CNc2cc(Cl)ncn2)[nH]1. The van der Waals surface area contributed by atoms with Gasteiger partial charge in [0.1, 0.15) is 17.3 Å². The van der Waals surface area contributed by atoms with Gasteiger partial charge in [0, 0.05) is 12.3 Å². The third-order valence-electron chi connectivity index (χ3n) is 1.75. The Labute approximate surface area is 89.7 Å². The van der Waals surface area contributed by atoms with Crippen LogP contribution in [-0.4, -0.2) is 19.9 Å². The lowest BCUT2D eigenvalue weighted by atomic mass is 10.4. The van der Waals surface area contributed by atoms with Gasteiger partial charge in [-0.25, -0.2) is 14.8 Å². The third kappa shape index (κ3) is 2.57. The number of hydrogen-bond acceptors (Lipinski definition) is 4. The number of rotatable bonds is 3. The lowest BCUT2D eigenvalue weighted by Crippen LogP contribution is -2.05. The lowest BCUT2D eigenvalue weighted by molar-refractivity contribution is 1.03. The third-order valence-corrected chi connectivity index (χ3v) is 1.95. The number of imidazole rings is 1. The van der Waals surface area contributed by atoms with Crippen molar-refractivity contribution in [3.63, 3.8) is 0 Å². The molecule has 0 bridgehead atoms. The highest BCUT2D eigenvalue weighted by Crippen LogP contribution is 2.08. The van der Waals surface area contributed by atoms with Gasteiger partial charge in [-0.15, -0.1) is 0 Å². The van der Waals surface area contributed by atoms with Crippen LogP contribution in [0.4, 0.5) is 5.82 Å². The number of aromatic amines is 2. The Morgan fingerprint density at radius 3 is 3.00 bits per heavy atom. The van der Waals surface area contributed by atoms with Crippen molar-refractivity contribution >= 4 is 17.4 Å². The van der Waals surface area contributed by atoms with E-state index in [4.69, 9.17) is 11.6 Å². The molecule has 2 aromatic rings. The maximum absolute atomic E-state index is 10.8. The fraction of sp³-hybridized carbons (Fsp3) is 0.125. The number of nitrogens with zero attached hydrogens (tertiary/aromatic N) is 2. The first-order chi connectivity index (χ1) is 7.24. The van der Waals surface area contributed by atoms with Crippen molar-refractivity contribution in [1.82, 2.24) is 19.9 Å². The minimum absolute atomic E-state index is 0.229. The monoisotopic (exact) mass is 225 g/mol. The fourth-order valence-electron chi connectivity index (χ4n) is 1.08. The van der Waals surface area contributed by atoms with Crippen LogP contribution in [0.15, 0.2) is 23.4 Å². The van der Waals surface area contributed by atoms with E-state index < -0.39 is 0 Å². The van der Waals surface area contributed by atoms with Gasteiger partial charge < -0.3 is 15.3 Å². The Morgan fingerprint density at radius 1 is 1.47 bits per heavy atom. The molecule has 0 unspecified atom stereocenters. The van der Waals surface area contributed by atoms with E-state index in [9.17, 15) is 4.79 Å². The smallest absolute Gasteiger partial charge is 0.323 e. The molecule has 2 rings (SSSR count). The first-order valence-electron chi connectivity index (χ1n) is 4.22. The molecule has 0 aliphatic rings. The maximum Gasteiger partial charge on any atom is 0.323 e. The molecule has 6 nitrogen and oxygen atoms in total. The summed E-state index contributed by atoms with van der Waals surface area (Å²) in [7, 11) is 0. The number of H-pyrrole nitrogens is 2. The topological polar surface area (TPSA) is 86.5 Å². The summed E-state index contributed by atoms with van der Waals surface area (Å²) in [6, 6.07) is 1.60. The zero-order chi connectivity index (χ0) is 10.7. The zero-order valence-electron chi connectivity index (χ0n) is 7.62. The number of aromatic nitrogens is 4. The average Bonchev–Trinajstić information content (AvgIpc) is 2.62. The van der Waals surface area contributed by atoms with Crippen molar-refractivity contribution in [2.24, 2.45) is 0 Å². The molecule has 0 saturated heterocycles. The Hall–Kier alpha value is -1.82. The second-order valence-electron chi connectivity index (χ2n) is 2.85. The van der Waals surface area contributed by atoms with Gasteiger partial charge in [0.25, 0.3) is 0 Å². The van der Waals surface area contributed by atoms with Crippen LogP contribution in [0.5, 0.6) is 0 Å². The maximum atomic E-state index is 10.8. The highest BCUT2D eigenvalue weighted by atomic mass is 35.5. The average molecular weight is 226 g/mol. The van der Waals surface area contributed by atoms with Gasteiger partial charge >= 0.3 is 5.69 Å². The molecule has 0 aromatic carbocycles. The van der Waals surface area contributed by atoms with Crippen LogP contribution in [0, 0.1) is 0 Å². The largest absolute Gasteiger partial charge is 0.364 e. The lowest BCUT2D eigenvalue weighted by Gasteiger charge is -2.02. The summed E-state index contributed by atoms with van der Waals surface area (Å²) in [5, 5.41) is 3.36. The Kier molecular flexibility index (Phi) is 2.68. The van der Waals surface area contributed by atoms with Crippen LogP contribution in [0.25, 0.3) is 0 Å². The van der Waals surface area contributed by atoms with Gasteiger partial charge in [-0.1, -0.05) is 11.6 Å². The molecule has 0 saturated carbocycles. The summed E-state index contributed by atoms with van der Waals surface area (Å²) in [6.45, 7) is 0.464. The molecule has 0 radical (unpaired) electrons. The molecule has 0 atom stereocenters. The van der Waals surface area contributed by atoms with Gasteiger partial charge in [-0.2, -0.15) is 0 Å². The highest BCUT2D eigenvalue weighted by molar-refractivity contribution is 6.29. The molecule has 0 spiro atoms. The number of hydrogen-bond donors (Lipinski definition) is 3. The summed E-state index contributed by atoms with van der Waals surface area (Å²) in [5.74, 6) is 0.608. The van der Waals surface area contributed by atoms with Crippen molar-refractivity contribution in [3.8, 4) is 0 Å². The molecule has 0 aliphatic heterocycles. The minimum Gasteiger partial charge on any atom is -0.364 e. The number of nitrogens with one attached hydrogen (secondary N) is 3. The molecule has 0 aliphatic carbocycles. The molecule has 78 valence electrons. The molecular formula is C8H8ClN5O. The molecule has 2 aromatic heterocycles. The second kappa shape index (κ2) is 4.14. The van der Waals surface area contributed by atoms with Gasteiger partial charge in [-0.05, 0) is 0 Å². The summed E-state index contributed by atoms with van der Waals surface area (Å²) in [5.41, 5.74) is 0.516. The first-order valence-corrected chi connectivity index (χ1v) is 4.60. The second-order valence-corrected chi connectivity index (χ2v) is 3.23. The molecule has 15 heavy (non-hydrogen) atoms. The summed E-state index contributed by atoms with van der Waals surface area (Å²) < 4.78 is 0. The van der Waals surface area contributed by atoms with Crippen LogP contribution in [0.2, 0.25) is 5.15 Å². The van der Waals surface area contributed by atoms with E-state index in [0.29, 0.717) is 17.5 Å². The summed E-state index contributed by atoms with van der Waals surface area (Å²) >= 11 is 5.68. The molecular weight excluding hydrogens is 218 g/mol. The van der Waals surface area contributed by atoms with Gasteiger partial charge in [0.05, 0.1) is 12.2 Å². The Bertz CT molecular complexity index is 505. The van der Waals surface area contributed by atoms with Gasteiger partial charge in [0.2, 0.25) is 0 Å². The quantitative estimate of drug-likeness (QED) is 0.673. The van der Waals surface area contributed by atoms with E-state index in [1.807, 2.05) is 0 Å². The van der Waals surface area contributed by atoms with Crippen molar-refractivity contribution in [2.75, 3.05) is 5.32 Å². The molecule has 2 heterocycles. The summed E-state index contributed by atoms with van der Waals surface area (Å²) in [4.78, 5) is 23.6. The van der Waals surface area contributed by atoms with E-state index in [-0.39, 0.29) is 5.69 Å².